The predicted molar refractivity (Wildman–Crippen MR) is 157 cm³/mol. The summed E-state index contributed by atoms with van der Waals surface area (Å²) < 4.78 is 25.6. The number of hydrogen-bond acceptors (Lipinski definition) is 8. The van der Waals surface area contributed by atoms with Crippen LogP contribution in [0.4, 0.5) is 0 Å². The number of allylic oxidation sites excluding steroid dienone is 2. The summed E-state index contributed by atoms with van der Waals surface area (Å²) in [7, 11) is 4.57. The fraction of sp³-hybridized carbons (Fsp3) is 0.233. The number of hydrogen-bond donors (Lipinski definition) is 0. The first-order valence-electron chi connectivity index (χ1n) is 12.5. The highest BCUT2D eigenvalue weighted by Gasteiger charge is 2.33. The maximum Gasteiger partial charge on any atom is 0.271 e. The molecule has 0 bridgehead atoms. The van der Waals surface area contributed by atoms with E-state index in [4.69, 9.17) is 18.6 Å². The van der Waals surface area contributed by atoms with Crippen LogP contribution in [-0.2, 0) is 4.79 Å². The maximum atomic E-state index is 13.9. The second-order valence-electron chi connectivity index (χ2n) is 9.03. The third-order valence-corrected chi connectivity index (χ3v) is 8.19. The highest BCUT2D eigenvalue weighted by molar-refractivity contribution is 9.10. The third-order valence-electron chi connectivity index (χ3n) is 6.67. The molecule has 2 aromatic heterocycles. The average molecular weight is 624 g/mol. The number of carbonyl (C=O) groups is 1. The Kier molecular flexibility index (Phi) is 7.82. The lowest BCUT2D eigenvalue weighted by Gasteiger charge is -2.26. The Morgan fingerprint density at radius 2 is 1.75 bits per heavy atom. The number of rotatable bonds is 8. The summed E-state index contributed by atoms with van der Waals surface area (Å²) in [5, 5.41) is 0. The van der Waals surface area contributed by atoms with Crippen molar-refractivity contribution in [3.05, 3.63) is 95.3 Å². The molecule has 3 heterocycles. The van der Waals surface area contributed by atoms with Crippen LogP contribution in [0.2, 0.25) is 0 Å². The van der Waals surface area contributed by atoms with E-state index in [1.165, 1.54) is 32.7 Å². The van der Waals surface area contributed by atoms with E-state index in [9.17, 15) is 9.59 Å². The number of methoxy groups -OCH3 is 3. The molecule has 0 aliphatic carbocycles. The number of ether oxygens (including phenoxy) is 3. The van der Waals surface area contributed by atoms with Gasteiger partial charge in [0.2, 0.25) is 5.75 Å². The van der Waals surface area contributed by atoms with Gasteiger partial charge >= 0.3 is 0 Å². The zero-order chi connectivity index (χ0) is 28.6. The normalized spacial score (nSPS) is 15.1. The largest absolute Gasteiger partial charge is 0.493 e. The Balaban J connectivity index is 1.69. The number of furan rings is 1. The van der Waals surface area contributed by atoms with Gasteiger partial charge in [-0.25, -0.2) is 4.99 Å². The number of carbonyl (C=O) groups excluding carboxylic acids is 1. The van der Waals surface area contributed by atoms with E-state index in [1.807, 2.05) is 36.4 Å². The molecule has 40 heavy (non-hydrogen) atoms. The Hall–Kier alpha value is -3.89. The van der Waals surface area contributed by atoms with Crippen LogP contribution in [0.15, 0.2) is 78.5 Å². The first kappa shape index (κ1) is 27.7. The van der Waals surface area contributed by atoms with Crippen molar-refractivity contribution in [3.8, 4) is 28.6 Å². The van der Waals surface area contributed by atoms with E-state index < -0.39 is 6.04 Å². The third kappa shape index (κ3) is 4.93. The van der Waals surface area contributed by atoms with Gasteiger partial charge in [0.1, 0.15) is 11.5 Å². The summed E-state index contributed by atoms with van der Waals surface area (Å²) in [6, 6.07) is 14.3. The van der Waals surface area contributed by atoms with Crippen molar-refractivity contribution in [2.45, 2.75) is 26.3 Å². The molecular formula is C30H27BrN2O6S. The number of Topliss-reactive ketones (excluding diaryl/α,β-unsaturated/α-hetero) is 1. The summed E-state index contributed by atoms with van der Waals surface area (Å²) in [4.78, 5) is 32.3. The van der Waals surface area contributed by atoms with Crippen LogP contribution in [0.1, 0.15) is 37.6 Å². The molecule has 0 N–H and O–H groups in total. The molecule has 0 fully saturated rings. The molecular weight excluding hydrogens is 596 g/mol. The van der Waals surface area contributed by atoms with Gasteiger partial charge in [0.25, 0.3) is 5.56 Å². The van der Waals surface area contributed by atoms with Crippen LogP contribution in [0, 0.1) is 0 Å². The number of benzene rings is 2. The van der Waals surface area contributed by atoms with Crippen molar-refractivity contribution in [2.75, 3.05) is 21.3 Å². The van der Waals surface area contributed by atoms with Crippen LogP contribution < -0.4 is 29.1 Å². The molecule has 5 rings (SSSR count). The molecule has 4 aromatic rings. The molecule has 2 aromatic carbocycles. The van der Waals surface area contributed by atoms with Crippen molar-refractivity contribution < 1.29 is 23.4 Å². The number of nitrogens with zero attached hydrogens (tertiary/aromatic N) is 2. The van der Waals surface area contributed by atoms with E-state index in [0.717, 1.165) is 10.0 Å². The molecule has 0 spiro atoms. The maximum absolute atomic E-state index is 13.9. The van der Waals surface area contributed by atoms with Gasteiger partial charge in [0, 0.05) is 33.8 Å². The molecule has 1 aliphatic rings. The SMILES string of the molecule is CCC(=O)C1=C(C)N=c2s/c(=C\c3ccc(-c4ccc(Br)cc4)o3)c(=O)n2C1c1cc(OC)c(OC)c(OC)c1. The van der Waals surface area contributed by atoms with Gasteiger partial charge in [-0.3, -0.25) is 14.2 Å². The van der Waals surface area contributed by atoms with Gasteiger partial charge < -0.3 is 18.6 Å². The van der Waals surface area contributed by atoms with Crippen LogP contribution in [0.25, 0.3) is 17.4 Å². The molecule has 206 valence electrons. The first-order valence-corrected chi connectivity index (χ1v) is 14.1. The number of thiazole rings is 1. The van der Waals surface area contributed by atoms with E-state index in [2.05, 4.69) is 20.9 Å². The number of halogens is 1. The minimum Gasteiger partial charge on any atom is -0.493 e. The molecule has 1 unspecified atom stereocenters. The zero-order valence-electron chi connectivity index (χ0n) is 22.6. The van der Waals surface area contributed by atoms with Crippen molar-refractivity contribution >= 4 is 39.1 Å². The molecule has 0 radical (unpaired) electrons. The summed E-state index contributed by atoms with van der Waals surface area (Å²) in [5.41, 5.74) is 2.30. The summed E-state index contributed by atoms with van der Waals surface area (Å²) in [6.07, 6.45) is 1.97. The smallest absolute Gasteiger partial charge is 0.271 e. The Morgan fingerprint density at radius 3 is 2.35 bits per heavy atom. The lowest BCUT2D eigenvalue weighted by Crippen LogP contribution is -2.39. The lowest BCUT2D eigenvalue weighted by molar-refractivity contribution is -0.115. The Labute approximate surface area is 243 Å². The summed E-state index contributed by atoms with van der Waals surface area (Å²) >= 11 is 4.69. The van der Waals surface area contributed by atoms with Crippen LogP contribution in [0.3, 0.4) is 0 Å². The molecule has 0 saturated carbocycles. The van der Waals surface area contributed by atoms with Gasteiger partial charge in [0.15, 0.2) is 22.1 Å². The second-order valence-corrected chi connectivity index (χ2v) is 11.0. The molecule has 0 saturated heterocycles. The van der Waals surface area contributed by atoms with E-state index in [0.29, 0.717) is 54.9 Å². The summed E-state index contributed by atoms with van der Waals surface area (Å²) in [6.45, 7) is 3.59. The average Bonchev–Trinajstić information content (AvgIpc) is 3.55. The van der Waals surface area contributed by atoms with Gasteiger partial charge in [-0.1, -0.05) is 46.3 Å². The van der Waals surface area contributed by atoms with Crippen molar-refractivity contribution in [2.24, 2.45) is 4.99 Å². The van der Waals surface area contributed by atoms with Crippen LogP contribution in [0.5, 0.6) is 17.2 Å². The van der Waals surface area contributed by atoms with Crippen molar-refractivity contribution in [1.82, 2.24) is 4.57 Å². The fourth-order valence-corrected chi connectivity index (χ4v) is 6.06. The number of aromatic nitrogens is 1. The number of fused-ring (bicyclic) bond motifs is 1. The highest BCUT2D eigenvalue weighted by Crippen LogP contribution is 2.42. The Morgan fingerprint density at radius 1 is 1.07 bits per heavy atom. The summed E-state index contributed by atoms with van der Waals surface area (Å²) in [5.74, 6) is 2.40. The van der Waals surface area contributed by atoms with E-state index in [1.54, 1.807) is 36.6 Å². The minimum atomic E-state index is -0.727. The monoisotopic (exact) mass is 622 g/mol. The Bertz CT molecular complexity index is 1790. The molecule has 10 heteroatoms. The fourth-order valence-electron chi connectivity index (χ4n) is 4.77. The zero-order valence-corrected chi connectivity index (χ0v) is 25.0. The van der Waals surface area contributed by atoms with Crippen molar-refractivity contribution in [1.29, 1.82) is 0 Å². The van der Waals surface area contributed by atoms with E-state index in [-0.39, 0.29) is 17.8 Å². The molecule has 8 nitrogen and oxygen atoms in total. The van der Waals surface area contributed by atoms with Gasteiger partial charge in [-0.05, 0) is 48.9 Å². The second kappa shape index (κ2) is 11.3. The molecule has 1 atom stereocenters. The highest BCUT2D eigenvalue weighted by atomic mass is 79.9. The van der Waals surface area contributed by atoms with E-state index >= 15 is 0 Å². The molecule has 0 amide bonds. The standard InChI is InChI=1S/C30H27BrN2O6S/c1-6-21(34)26-16(2)32-30-33(27(26)18-13-23(36-3)28(38-5)24(14-18)37-4)29(35)25(40-30)15-20-11-12-22(39-20)17-7-9-19(31)10-8-17/h7-15,27H,6H2,1-5H3/b25-15-. The topological polar surface area (TPSA) is 92.3 Å². The number of ketones is 1. The first-order chi connectivity index (χ1) is 19.3. The van der Waals surface area contributed by atoms with Crippen molar-refractivity contribution in [3.63, 3.8) is 0 Å². The van der Waals surface area contributed by atoms with Crippen LogP contribution in [-0.4, -0.2) is 31.7 Å². The molecule has 1 aliphatic heterocycles. The lowest BCUT2D eigenvalue weighted by atomic mass is 9.91. The van der Waals surface area contributed by atoms with Crippen LogP contribution >= 0.6 is 27.3 Å². The van der Waals surface area contributed by atoms with Gasteiger partial charge in [-0.2, -0.15) is 0 Å². The quantitative estimate of drug-likeness (QED) is 0.266. The predicted octanol–water partition coefficient (Wildman–Crippen LogP) is 5.26. The van der Waals surface area contributed by atoms with Gasteiger partial charge in [-0.15, -0.1) is 0 Å². The van der Waals surface area contributed by atoms with Gasteiger partial charge in [0.05, 0.1) is 31.9 Å². The minimum absolute atomic E-state index is 0.0977.